The molecule has 0 atom stereocenters. The van der Waals surface area contributed by atoms with Crippen LogP contribution in [0.4, 0.5) is 5.69 Å². The fourth-order valence-electron chi connectivity index (χ4n) is 1.27. The van der Waals surface area contributed by atoms with Gasteiger partial charge < -0.3 is 10.1 Å². The summed E-state index contributed by atoms with van der Waals surface area (Å²) in [5.74, 6) is -0.0730. The minimum atomic E-state index is -3.61. The van der Waals surface area contributed by atoms with E-state index in [4.69, 9.17) is 4.74 Å². The number of methoxy groups -OCH3 is 1. The predicted molar refractivity (Wildman–Crippen MR) is 64.7 cm³/mol. The van der Waals surface area contributed by atoms with Crippen molar-refractivity contribution >= 4 is 21.4 Å². The quantitative estimate of drug-likeness (QED) is 0.886. The molecule has 0 radical (unpaired) electrons. The van der Waals surface area contributed by atoms with Crippen LogP contribution in [-0.2, 0) is 14.6 Å². The number of hydrogen-bond donors (Lipinski definition) is 1. The third kappa shape index (κ3) is 3.07. The average Bonchev–Trinajstić information content (AvgIpc) is 2.28. The molecule has 17 heavy (non-hydrogen) atoms. The fraction of sp³-hybridized carbons (Fsp3) is 0.182. The number of benzene rings is 1. The van der Waals surface area contributed by atoms with Gasteiger partial charge in [-0.2, -0.15) is 0 Å². The molecule has 1 aromatic rings. The highest BCUT2D eigenvalue weighted by Gasteiger charge is 2.16. The van der Waals surface area contributed by atoms with Gasteiger partial charge in [-0.15, -0.1) is 0 Å². The third-order valence-corrected chi connectivity index (χ3v) is 3.38. The molecule has 5 nitrogen and oxygen atoms in total. The Balaban J connectivity index is 3.34. The predicted octanol–water partition coefficient (Wildman–Crippen LogP) is 1.57. The van der Waals surface area contributed by atoms with Crippen LogP contribution in [0, 0.1) is 0 Å². The average molecular weight is 255 g/mol. The van der Waals surface area contributed by atoms with Crippen molar-refractivity contribution in [1.82, 2.24) is 0 Å². The van der Waals surface area contributed by atoms with Crippen molar-refractivity contribution in [2.45, 2.75) is 11.8 Å². The zero-order chi connectivity index (χ0) is 13.1. The maximum atomic E-state index is 11.7. The van der Waals surface area contributed by atoms with E-state index in [1.54, 1.807) is 6.07 Å². The normalized spacial score (nSPS) is 10.7. The topological polar surface area (TPSA) is 72.5 Å². The summed E-state index contributed by atoms with van der Waals surface area (Å²) in [6.45, 7) is 4.58. The Morgan fingerprint density at radius 1 is 1.47 bits per heavy atom. The Morgan fingerprint density at radius 3 is 2.59 bits per heavy atom. The molecule has 0 saturated carbocycles. The van der Waals surface area contributed by atoms with E-state index in [0.717, 1.165) is 5.41 Å². The Bertz CT molecular complexity index is 549. The van der Waals surface area contributed by atoms with E-state index >= 15 is 0 Å². The molecular formula is C11H13NO4S. The second-order valence-electron chi connectivity index (χ2n) is 3.26. The number of carbonyl (C=O) groups excluding carboxylic acids is 1. The van der Waals surface area contributed by atoms with Crippen molar-refractivity contribution in [2.24, 2.45) is 0 Å². The number of ether oxygens (including phenoxy) is 1. The summed E-state index contributed by atoms with van der Waals surface area (Å²) in [5.41, 5.74) is 0.388. The van der Waals surface area contributed by atoms with Gasteiger partial charge in [0.25, 0.3) is 0 Å². The molecule has 0 aliphatic carbocycles. The molecule has 92 valence electrons. The van der Waals surface area contributed by atoms with Crippen molar-refractivity contribution in [3.63, 3.8) is 0 Å². The molecule has 0 aliphatic heterocycles. The maximum Gasteiger partial charge on any atom is 0.221 e. The van der Waals surface area contributed by atoms with Gasteiger partial charge in [0, 0.05) is 18.0 Å². The summed E-state index contributed by atoms with van der Waals surface area (Å²) in [7, 11) is -2.24. The Morgan fingerprint density at radius 2 is 2.12 bits per heavy atom. The number of amides is 1. The zero-order valence-electron chi connectivity index (χ0n) is 9.56. The first kappa shape index (κ1) is 13.2. The van der Waals surface area contributed by atoms with E-state index in [-0.39, 0.29) is 16.6 Å². The van der Waals surface area contributed by atoms with Gasteiger partial charge in [-0.3, -0.25) is 4.79 Å². The minimum Gasteiger partial charge on any atom is -0.495 e. The third-order valence-electron chi connectivity index (χ3n) is 2.01. The molecule has 0 heterocycles. The molecule has 0 spiro atoms. The van der Waals surface area contributed by atoms with Crippen molar-refractivity contribution in [3.8, 4) is 5.75 Å². The molecule has 0 saturated heterocycles. The minimum absolute atomic E-state index is 0.0266. The number of anilines is 1. The van der Waals surface area contributed by atoms with Crippen LogP contribution >= 0.6 is 0 Å². The molecule has 0 bridgehead atoms. The van der Waals surface area contributed by atoms with Gasteiger partial charge in [0.05, 0.1) is 7.11 Å². The van der Waals surface area contributed by atoms with Crippen LogP contribution in [0.2, 0.25) is 0 Å². The van der Waals surface area contributed by atoms with Gasteiger partial charge >= 0.3 is 0 Å². The van der Waals surface area contributed by atoms with E-state index in [9.17, 15) is 13.2 Å². The molecule has 6 heteroatoms. The second kappa shape index (κ2) is 5.01. The molecule has 1 amide bonds. The molecule has 1 rings (SSSR count). The highest BCUT2D eigenvalue weighted by molar-refractivity contribution is 7.94. The van der Waals surface area contributed by atoms with Crippen LogP contribution in [0.15, 0.2) is 35.1 Å². The lowest BCUT2D eigenvalue weighted by molar-refractivity contribution is -0.114. The van der Waals surface area contributed by atoms with Crippen LogP contribution in [0.25, 0.3) is 0 Å². The summed E-state index contributed by atoms with van der Waals surface area (Å²) < 4.78 is 28.4. The standard InChI is InChI=1S/C11H13NO4S/c1-4-17(14,15)11-7-9(12-8(2)13)5-6-10(11)16-3/h4-7H,1H2,2-3H3,(H,12,13). The number of nitrogens with one attached hydrogen (secondary N) is 1. The zero-order valence-corrected chi connectivity index (χ0v) is 10.4. The molecule has 0 aromatic heterocycles. The number of hydrogen-bond acceptors (Lipinski definition) is 4. The first-order valence-corrected chi connectivity index (χ1v) is 6.28. The molecule has 0 unspecified atom stereocenters. The maximum absolute atomic E-state index is 11.7. The van der Waals surface area contributed by atoms with Crippen LogP contribution in [0.5, 0.6) is 5.75 Å². The van der Waals surface area contributed by atoms with Crippen LogP contribution in [0.1, 0.15) is 6.92 Å². The monoisotopic (exact) mass is 255 g/mol. The van der Waals surface area contributed by atoms with Crippen molar-refractivity contribution in [1.29, 1.82) is 0 Å². The summed E-state index contributed by atoms with van der Waals surface area (Å²) in [6, 6.07) is 4.36. The smallest absolute Gasteiger partial charge is 0.221 e. The fourth-order valence-corrected chi connectivity index (χ4v) is 2.17. The summed E-state index contributed by atoms with van der Waals surface area (Å²) in [5, 5.41) is 3.34. The Labute approximate surface area is 100 Å². The number of sulfone groups is 1. The van der Waals surface area contributed by atoms with Gasteiger partial charge in [0.2, 0.25) is 15.7 Å². The van der Waals surface area contributed by atoms with Crippen molar-refractivity contribution < 1.29 is 17.9 Å². The molecule has 0 aliphatic rings. The number of rotatable bonds is 4. The summed E-state index contributed by atoms with van der Waals surface area (Å²) in [6.07, 6.45) is 0. The summed E-state index contributed by atoms with van der Waals surface area (Å²) >= 11 is 0. The highest BCUT2D eigenvalue weighted by Crippen LogP contribution is 2.28. The van der Waals surface area contributed by atoms with Crippen LogP contribution < -0.4 is 10.1 Å². The summed E-state index contributed by atoms with van der Waals surface area (Å²) in [4.78, 5) is 10.9. The van der Waals surface area contributed by atoms with Crippen LogP contribution in [0.3, 0.4) is 0 Å². The van der Waals surface area contributed by atoms with E-state index in [0.29, 0.717) is 5.69 Å². The van der Waals surface area contributed by atoms with Crippen molar-refractivity contribution in [3.05, 3.63) is 30.2 Å². The number of carbonyl (C=O) groups is 1. The molecule has 0 fully saturated rings. The lowest BCUT2D eigenvalue weighted by Crippen LogP contribution is -2.07. The highest BCUT2D eigenvalue weighted by atomic mass is 32.2. The lowest BCUT2D eigenvalue weighted by Gasteiger charge is -2.09. The van der Waals surface area contributed by atoms with E-state index in [1.165, 1.54) is 26.2 Å². The van der Waals surface area contributed by atoms with E-state index in [2.05, 4.69) is 11.9 Å². The molecule has 1 aromatic carbocycles. The molecule has 1 N–H and O–H groups in total. The van der Waals surface area contributed by atoms with Crippen molar-refractivity contribution in [2.75, 3.05) is 12.4 Å². The van der Waals surface area contributed by atoms with Gasteiger partial charge in [0.15, 0.2) is 0 Å². The Kier molecular flexibility index (Phi) is 3.90. The second-order valence-corrected chi connectivity index (χ2v) is 5.12. The van der Waals surface area contributed by atoms with E-state index in [1.807, 2.05) is 0 Å². The SMILES string of the molecule is C=CS(=O)(=O)c1cc(NC(C)=O)ccc1OC. The first-order chi connectivity index (χ1) is 7.90. The van der Waals surface area contributed by atoms with Crippen LogP contribution in [-0.4, -0.2) is 21.4 Å². The van der Waals surface area contributed by atoms with Gasteiger partial charge in [0.1, 0.15) is 10.6 Å². The molecular weight excluding hydrogens is 242 g/mol. The first-order valence-electron chi connectivity index (χ1n) is 4.74. The van der Waals surface area contributed by atoms with Gasteiger partial charge in [-0.25, -0.2) is 8.42 Å². The van der Waals surface area contributed by atoms with E-state index < -0.39 is 9.84 Å². The largest absolute Gasteiger partial charge is 0.495 e. The Hall–Kier alpha value is -1.82. The van der Waals surface area contributed by atoms with Gasteiger partial charge in [-0.1, -0.05) is 6.58 Å². The lowest BCUT2D eigenvalue weighted by atomic mass is 10.3. The van der Waals surface area contributed by atoms with Gasteiger partial charge in [-0.05, 0) is 18.2 Å².